The highest BCUT2D eigenvalue weighted by molar-refractivity contribution is 5.68. The summed E-state index contributed by atoms with van der Waals surface area (Å²) in [5.41, 5.74) is 0.572. The molecule has 1 rings (SSSR count). The molecule has 0 bridgehead atoms. The Morgan fingerprint density at radius 1 is 1.28 bits per heavy atom. The number of ether oxygens (including phenoxy) is 2. The molecule has 0 atom stereocenters. The van der Waals surface area contributed by atoms with Crippen LogP contribution in [0.3, 0.4) is 0 Å². The van der Waals surface area contributed by atoms with Crippen molar-refractivity contribution in [3.8, 4) is 0 Å². The van der Waals surface area contributed by atoms with Gasteiger partial charge in [0, 0.05) is 6.20 Å². The summed E-state index contributed by atoms with van der Waals surface area (Å²) in [6, 6.07) is 9.77. The molecule has 4 nitrogen and oxygen atoms in total. The Hall–Kier alpha value is -1.97. The fraction of sp³-hybridized carbons (Fsp3) is 0.357. The molecule has 0 fully saturated rings. The van der Waals surface area contributed by atoms with Crippen LogP contribution in [0, 0.1) is 0 Å². The average Bonchev–Trinajstić information content (AvgIpc) is 2.27. The van der Waals surface area contributed by atoms with Gasteiger partial charge in [-0.1, -0.05) is 30.3 Å². The van der Waals surface area contributed by atoms with Crippen molar-refractivity contribution in [2.75, 3.05) is 0 Å². The summed E-state index contributed by atoms with van der Waals surface area (Å²) < 4.78 is 10.3. The summed E-state index contributed by atoms with van der Waals surface area (Å²) in [7, 11) is 0. The fourth-order valence-electron chi connectivity index (χ4n) is 1.18. The molecule has 0 unspecified atom stereocenters. The normalized spacial score (nSPS) is 11.3. The van der Waals surface area contributed by atoms with Gasteiger partial charge in [-0.3, -0.25) is 5.32 Å². The Labute approximate surface area is 108 Å². The molecule has 18 heavy (non-hydrogen) atoms. The van der Waals surface area contributed by atoms with E-state index in [4.69, 9.17) is 9.47 Å². The second-order valence-corrected chi connectivity index (χ2v) is 4.75. The van der Waals surface area contributed by atoms with Gasteiger partial charge in [-0.15, -0.1) is 0 Å². The highest BCUT2D eigenvalue weighted by Gasteiger charge is 2.14. The monoisotopic (exact) mass is 249 g/mol. The molecule has 0 aliphatic heterocycles. The second-order valence-electron chi connectivity index (χ2n) is 4.75. The molecule has 98 valence electrons. The number of nitrogens with one attached hydrogen (secondary N) is 1. The van der Waals surface area contributed by atoms with E-state index in [1.807, 2.05) is 51.1 Å². The van der Waals surface area contributed by atoms with Gasteiger partial charge in [-0.2, -0.15) is 0 Å². The SMILES string of the molecule is CC(C)(C)OC(=O)N/C=C/OCc1ccccc1. The predicted octanol–water partition coefficient (Wildman–Crippen LogP) is 3.20. The van der Waals surface area contributed by atoms with E-state index in [1.165, 1.54) is 12.5 Å². The van der Waals surface area contributed by atoms with Crippen molar-refractivity contribution in [1.82, 2.24) is 5.32 Å². The molecule has 0 radical (unpaired) electrons. The maximum atomic E-state index is 11.3. The number of rotatable bonds is 4. The standard InChI is InChI=1S/C14H19NO3/c1-14(2,3)18-13(16)15-9-10-17-11-12-7-5-4-6-8-12/h4-10H,11H2,1-3H3,(H,15,16)/b10-9+. The van der Waals surface area contributed by atoms with E-state index in [2.05, 4.69) is 5.32 Å². The van der Waals surface area contributed by atoms with E-state index < -0.39 is 11.7 Å². The Morgan fingerprint density at radius 2 is 1.94 bits per heavy atom. The van der Waals surface area contributed by atoms with Gasteiger partial charge in [0.15, 0.2) is 0 Å². The van der Waals surface area contributed by atoms with Crippen molar-refractivity contribution in [3.63, 3.8) is 0 Å². The van der Waals surface area contributed by atoms with Crippen LogP contribution < -0.4 is 5.32 Å². The summed E-state index contributed by atoms with van der Waals surface area (Å²) >= 11 is 0. The van der Waals surface area contributed by atoms with Crippen LogP contribution in [0.4, 0.5) is 4.79 Å². The minimum absolute atomic E-state index is 0.466. The van der Waals surface area contributed by atoms with Crippen molar-refractivity contribution in [1.29, 1.82) is 0 Å². The van der Waals surface area contributed by atoms with Crippen molar-refractivity contribution < 1.29 is 14.3 Å². The highest BCUT2D eigenvalue weighted by Crippen LogP contribution is 2.06. The molecule has 4 heteroatoms. The molecular formula is C14H19NO3. The lowest BCUT2D eigenvalue weighted by molar-refractivity contribution is 0.0550. The Bertz CT molecular complexity index is 393. The van der Waals surface area contributed by atoms with Gasteiger partial charge < -0.3 is 9.47 Å². The van der Waals surface area contributed by atoms with Gasteiger partial charge >= 0.3 is 6.09 Å². The number of alkyl carbamates (subject to hydrolysis) is 1. The smallest absolute Gasteiger partial charge is 0.411 e. The predicted molar refractivity (Wildman–Crippen MR) is 69.7 cm³/mol. The van der Waals surface area contributed by atoms with Crippen molar-refractivity contribution in [3.05, 3.63) is 48.4 Å². The third kappa shape index (κ3) is 6.58. The van der Waals surface area contributed by atoms with Crippen LogP contribution in [0.2, 0.25) is 0 Å². The minimum Gasteiger partial charge on any atom is -0.495 e. The maximum Gasteiger partial charge on any atom is 0.411 e. The van der Waals surface area contributed by atoms with Gasteiger partial charge in [0.05, 0.1) is 6.26 Å². The van der Waals surface area contributed by atoms with Crippen LogP contribution in [-0.4, -0.2) is 11.7 Å². The van der Waals surface area contributed by atoms with E-state index in [0.717, 1.165) is 5.56 Å². The Kier molecular flexibility index (Phi) is 5.24. The van der Waals surface area contributed by atoms with Gasteiger partial charge in [0.1, 0.15) is 12.2 Å². The lowest BCUT2D eigenvalue weighted by Gasteiger charge is -2.18. The van der Waals surface area contributed by atoms with Gasteiger partial charge in [-0.25, -0.2) is 4.79 Å². The van der Waals surface area contributed by atoms with Crippen molar-refractivity contribution in [2.45, 2.75) is 33.0 Å². The van der Waals surface area contributed by atoms with E-state index in [-0.39, 0.29) is 0 Å². The number of amides is 1. The fourth-order valence-corrected chi connectivity index (χ4v) is 1.18. The zero-order valence-electron chi connectivity index (χ0n) is 11.0. The van der Waals surface area contributed by atoms with Gasteiger partial charge in [0.25, 0.3) is 0 Å². The first kappa shape index (κ1) is 14.1. The first-order chi connectivity index (χ1) is 8.47. The second kappa shape index (κ2) is 6.69. The van der Waals surface area contributed by atoms with Gasteiger partial charge in [0.2, 0.25) is 0 Å². The molecule has 1 amide bonds. The molecule has 0 aliphatic carbocycles. The van der Waals surface area contributed by atoms with Crippen LogP contribution in [0.25, 0.3) is 0 Å². The summed E-state index contributed by atoms with van der Waals surface area (Å²) in [4.78, 5) is 11.3. The van der Waals surface area contributed by atoms with Crippen LogP contribution in [0.5, 0.6) is 0 Å². The van der Waals surface area contributed by atoms with Crippen molar-refractivity contribution >= 4 is 6.09 Å². The zero-order valence-corrected chi connectivity index (χ0v) is 11.0. The number of carbonyl (C=O) groups is 1. The molecule has 0 saturated carbocycles. The Balaban J connectivity index is 2.20. The quantitative estimate of drug-likeness (QED) is 0.833. The molecule has 1 N–H and O–H groups in total. The first-order valence-electron chi connectivity index (χ1n) is 5.77. The maximum absolute atomic E-state index is 11.3. The molecule has 1 aromatic carbocycles. The number of carbonyl (C=O) groups excluding carboxylic acids is 1. The number of hydrogen-bond donors (Lipinski definition) is 1. The average molecular weight is 249 g/mol. The summed E-state index contributed by atoms with van der Waals surface area (Å²) in [6.07, 6.45) is 2.34. The number of hydrogen-bond acceptors (Lipinski definition) is 3. The lowest BCUT2D eigenvalue weighted by atomic mass is 10.2. The molecule has 0 heterocycles. The largest absolute Gasteiger partial charge is 0.495 e. The topological polar surface area (TPSA) is 47.6 Å². The molecule has 1 aromatic rings. The molecule has 0 saturated heterocycles. The Morgan fingerprint density at radius 3 is 2.56 bits per heavy atom. The molecule has 0 aliphatic rings. The number of benzene rings is 1. The van der Waals surface area contributed by atoms with Crippen LogP contribution in [0.1, 0.15) is 26.3 Å². The van der Waals surface area contributed by atoms with E-state index in [0.29, 0.717) is 6.61 Å². The van der Waals surface area contributed by atoms with Crippen LogP contribution in [-0.2, 0) is 16.1 Å². The van der Waals surface area contributed by atoms with Crippen molar-refractivity contribution in [2.24, 2.45) is 0 Å². The lowest BCUT2D eigenvalue weighted by Crippen LogP contribution is -2.29. The zero-order chi connectivity index (χ0) is 13.4. The summed E-state index contributed by atoms with van der Waals surface area (Å²) in [5, 5.41) is 2.46. The molecule has 0 aromatic heterocycles. The van der Waals surface area contributed by atoms with E-state index in [1.54, 1.807) is 0 Å². The third-order valence-corrected chi connectivity index (χ3v) is 1.86. The van der Waals surface area contributed by atoms with E-state index in [9.17, 15) is 4.79 Å². The molecule has 0 spiro atoms. The van der Waals surface area contributed by atoms with E-state index >= 15 is 0 Å². The highest BCUT2D eigenvalue weighted by atomic mass is 16.6. The summed E-state index contributed by atoms with van der Waals surface area (Å²) in [5.74, 6) is 0. The summed E-state index contributed by atoms with van der Waals surface area (Å²) in [6.45, 7) is 5.89. The minimum atomic E-state index is -0.498. The first-order valence-corrected chi connectivity index (χ1v) is 5.77. The van der Waals surface area contributed by atoms with Crippen LogP contribution >= 0.6 is 0 Å². The third-order valence-electron chi connectivity index (χ3n) is 1.86. The van der Waals surface area contributed by atoms with Gasteiger partial charge in [-0.05, 0) is 26.3 Å². The molecular weight excluding hydrogens is 230 g/mol. The van der Waals surface area contributed by atoms with Crippen LogP contribution in [0.15, 0.2) is 42.8 Å².